The highest BCUT2D eigenvalue weighted by Crippen LogP contribution is 2.28. The van der Waals surface area contributed by atoms with E-state index in [0.29, 0.717) is 17.9 Å². The molecule has 37 heavy (non-hydrogen) atoms. The number of aryl methyl sites for hydroxylation is 2. The summed E-state index contributed by atoms with van der Waals surface area (Å²) >= 11 is 3.50. The van der Waals surface area contributed by atoms with Gasteiger partial charge in [-0.3, -0.25) is 4.79 Å². The zero-order valence-electron chi connectivity index (χ0n) is 20.6. The highest BCUT2D eigenvalue weighted by molar-refractivity contribution is 9.10. The highest BCUT2D eigenvalue weighted by Gasteiger charge is 2.10. The maximum Gasteiger partial charge on any atom is 0.271 e. The summed E-state index contributed by atoms with van der Waals surface area (Å²) in [6, 6.07) is 31.7. The Kier molecular flexibility index (Phi) is 7.19. The van der Waals surface area contributed by atoms with Crippen molar-refractivity contribution in [3.05, 3.63) is 130 Å². The van der Waals surface area contributed by atoms with Crippen LogP contribution in [0.15, 0.2) is 107 Å². The standard InChI is InChI=1S/C31H26BrN3O2/c1-21-10-11-22(2)35(21)27-15-12-25(13-16-27)31(36)34-33-19-29-28-9-4-3-7-24(28)14-17-30(29)37-20-23-6-5-8-26(32)18-23/h3-19H,20H2,1-2H3,(H,34,36). The lowest BCUT2D eigenvalue weighted by Gasteiger charge is -2.12. The first-order valence-corrected chi connectivity index (χ1v) is 12.8. The molecular formula is C31H26BrN3O2. The molecule has 0 bridgehead atoms. The number of ether oxygens (including phenoxy) is 1. The van der Waals surface area contributed by atoms with E-state index in [0.717, 1.165) is 43.4 Å². The molecule has 1 aromatic heterocycles. The second-order valence-corrected chi connectivity index (χ2v) is 9.73. The molecule has 1 N–H and O–H groups in total. The Morgan fingerprint density at radius 2 is 1.68 bits per heavy atom. The molecule has 184 valence electrons. The van der Waals surface area contributed by atoms with E-state index in [1.165, 1.54) is 0 Å². The number of fused-ring (bicyclic) bond motifs is 1. The van der Waals surface area contributed by atoms with Gasteiger partial charge in [-0.2, -0.15) is 5.10 Å². The van der Waals surface area contributed by atoms with Crippen LogP contribution in [0.2, 0.25) is 0 Å². The van der Waals surface area contributed by atoms with Crippen LogP contribution in [0.25, 0.3) is 16.5 Å². The van der Waals surface area contributed by atoms with Gasteiger partial charge in [0.25, 0.3) is 5.91 Å². The van der Waals surface area contributed by atoms with E-state index >= 15 is 0 Å². The van der Waals surface area contributed by atoms with Crippen molar-refractivity contribution in [1.29, 1.82) is 0 Å². The van der Waals surface area contributed by atoms with Gasteiger partial charge in [0.1, 0.15) is 12.4 Å². The van der Waals surface area contributed by atoms with Gasteiger partial charge < -0.3 is 9.30 Å². The van der Waals surface area contributed by atoms with E-state index in [2.05, 4.69) is 57.0 Å². The molecule has 5 rings (SSSR count). The van der Waals surface area contributed by atoms with Gasteiger partial charge in [0, 0.05) is 32.7 Å². The van der Waals surface area contributed by atoms with Gasteiger partial charge in [-0.15, -0.1) is 0 Å². The van der Waals surface area contributed by atoms with E-state index in [1.807, 2.05) is 84.9 Å². The minimum atomic E-state index is -0.277. The molecule has 0 saturated heterocycles. The fourth-order valence-electron chi connectivity index (χ4n) is 4.38. The molecule has 0 aliphatic heterocycles. The van der Waals surface area contributed by atoms with E-state index in [4.69, 9.17) is 4.74 Å². The fraction of sp³-hybridized carbons (Fsp3) is 0.0968. The number of hydrogen-bond donors (Lipinski definition) is 1. The molecule has 0 aliphatic carbocycles. The SMILES string of the molecule is Cc1ccc(C)n1-c1ccc(C(=O)NN=Cc2c(OCc3cccc(Br)c3)ccc3ccccc23)cc1. The molecule has 4 aromatic carbocycles. The van der Waals surface area contributed by atoms with Crippen LogP contribution in [-0.2, 0) is 6.61 Å². The van der Waals surface area contributed by atoms with E-state index < -0.39 is 0 Å². The van der Waals surface area contributed by atoms with Crippen molar-refractivity contribution >= 4 is 38.8 Å². The first-order chi connectivity index (χ1) is 18.0. The van der Waals surface area contributed by atoms with Crippen LogP contribution in [-0.4, -0.2) is 16.7 Å². The van der Waals surface area contributed by atoms with Crippen LogP contribution in [0.5, 0.6) is 5.75 Å². The van der Waals surface area contributed by atoms with Crippen molar-refractivity contribution in [1.82, 2.24) is 9.99 Å². The normalized spacial score (nSPS) is 11.2. The Morgan fingerprint density at radius 3 is 2.43 bits per heavy atom. The smallest absolute Gasteiger partial charge is 0.271 e. The Balaban J connectivity index is 1.34. The number of amides is 1. The van der Waals surface area contributed by atoms with Crippen molar-refractivity contribution in [2.24, 2.45) is 5.10 Å². The third-order valence-corrected chi connectivity index (χ3v) is 6.73. The molecule has 0 atom stereocenters. The van der Waals surface area contributed by atoms with Crippen LogP contribution in [0, 0.1) is 13.8 Å². The van der Waals surface area contributed by atoms with Crippen LogP contribution >= 0.6 is 15.9 Å². The summed E-state index contributed by atoms with van der Waals surface area (Å²) in [4.78, 5) is 12.8. The lowest BCUT2D eigenvalue weighted by molar-refractivity contribution is 0.0955. The molecule has 5 nitrogen and oxygen atoms in total. The van der Waals surface area contributed by atoms with Gasteiger partial charge >= 0.3 is 0 Å². The van der Waals surface area contributed by atoms with Crippen LogP contribution < -0.4 is 10.2 Å². The Bertz CT molecular complexity index is 1580. The summed E-state index contributed by atoms with van der Waals surface area (Å²) < 4.78 is 9.32. The summed E-state index contributed by atoms with van der Waals surface area (Å²) in [5, 5.41) is 6.34. The number of nitrogens with one attached hydrogen (secondary N) is 1. The average molecular weight is 552 g/mol. The maximum atomic E-state index is 12.8. The Hall–Kier alpha value is -4.16. The lowest BCUT2D eigenvalue weighted by Crippen LogP contribution is -2.17. The zero-order valence-corrected chi connectivity index (χ0v) is 22.2. The number of benzene rings is 4. The molecule has 0 saturated carbocycles. The number of aromatic nitrogens is 1. The molecule has 1 amide bonds. The molecule has 6 heteroatoms. The predicted octanol–water partition coefficient (Wildman–Crippen LogP) is 7.35. The molecule has 0 spiro atoms. The summed E-state index contributed by atoms with van der Waals surface area (Å²) in [6.07, 6.45) is 1.65. The number of carbonyl (C=O) groups excluding carboxylic acids is 1. The number of nitrogens with zero attached hydrogens (tertiary/aromatic N) is 2. The first-order valence-electron chi connectivity index (χ1n) is 12.0. The second-order valence-electron chi connectivity index (χ2n) is 8.81. The number of halogens is 1. The van der Waals surface area contributed by atoms with Crippen molar-refractivity contribution < 1.29 is 9.53 Å². The summed E-state index contributed by atoms with van der Waals surface area (Å²) in [5.41, 5.74) is 8.36. The minimum absolute atomic E-state index is 0.277. The summed E-state index contributed by atoms with van der Waals surface area (Å²) in [5.74, 6) is 0.416. The first kappa shape index (κ1) is 24.5. The topological polar surface area (TPSA) is 55.6 Å². The summed E-state index contributed by atoms with van der Waals surface area (Å²) in [7, 11) is 0. The molecule has 0 aliphatic rings. The highest BCUT2D eigenvalue weighted by atomic mass is 79.9. The second kappa shape index (κ2) is 10.8. The van der Waals surface area contributed by atoms with E-state index in [-0.39, 0.29) is 5.91 Å². The quantitative estimate of drug-likeness (QED) is 0.170. The average Bonchev–Trinajstić information content (AvgIpc) is 3.25. The lowest BCUT2D eigenvalue weighted by atomic mass is 10.0. The largest absolute Gasteiger partial charge is 0.488 e. The molecule has 1 heterocycles. The van der Waals surface area contributed by atoms with Crippen molar-refractivity contribution in [3.63, 3.8) is 0 Å². The van der Waals surface area contributed by atoms with Gasteiger partial charge in [0.05, 0.1) is 6.21 Å². The van der Waals surface area contributed by atoms with Crippen molar-refractivity contribution in [2.75, 3.05) is 0 Å². The minimum Gasteiger partial charge on any atom is -0.488 e. The fourth-order valence-corrected chi connectivity index (χ4v) is 4.83. The van der Waals surface area contributed by atoms with E-state index in [9.17, 15) is 4.79 Å². The zero-order chi connectivity index (χ0) is 25.8. The number of rotatable bonds is 7. The third-order valence-electron chi connectivity index (χ3n) is 6.23. The Labute approximate surface area is 224 Å². The molecule has 0 radical (unpaired) electrons. The van der Waals surface area contributed by atoms with Crippen LogP contribution in [0.1, 0.15) is 32.9 Å². The van der Waals surface area contributed by atoms with Gasteiger partial charge in [-0.05, 0) is 84.8 Å². The molecule has 0 fully saturated rings. The predicted molar refractivity (Wildman–Crippen MR) is 153 cm³/mol. The van der Waals surface area contributed by atoms with Gasteiger partial charge in [0.2, 0.25) is 0 Å². The molecule has 5 aromatic rings. The van der Waals surface area contributed by atoms with Crippen LogP contribution in [0.3, 0.4) is 0 Å². The van der Waals surface area contributed by atoms with Gasteiger partial charge in [0.15, 0.2) is 0 Å². The van der Waals surface area contributed by atoms with E-state index in [1.54, 1.807) is 6.21 Å². The van der Waals surface area contributed by atoms with Crippen molar-refractivity contribution in [3.8, 4) is 11.4 Å². The number of carbonyl (C=O) groups is 1. The number of hydrazone groups is 1. The third kappa shape index (κ3) is 5.49. The van der Waals surface area contributed by atoms with Crippen LogP contribution in [0.4, 0.5) is 0 Å². The number of hydrogen-bond acceptors (Lipinski definition) is 3. The van der Waals surface area contributed by atoms with Gasteiger partial charge in [-0.1, -0.05) is 58.4 Å². The monoisotopic (exact) mass is 551 g/mol. The maximum absolute atomic E-state index is 12.8. The Morgan fingerprint density at radius 1 is 0.919 bits per heavy atom. The molecular weight excluding hydrogens is 526 g/mol. The molecule has 0 unspecified atom stereocenters. The summed E-state index contributed by atoms with van der Waals surface area (Å²) in [6.45, 7) is 4.54. The van der Waals surface area contributed by atoms with Gasteiger partial charge in [-0.25, -0.2) is 5.43 Å². The van der Waals surface area contributed by atoms with Crippen molar-refractivity contribution in [2.45, 2.75) is 20.5 Å².